The van der Waals surface area contributed by atoms with Gasteiger partial charge in [-0.1, -0.05) is 176 Å². The molecule has 2 heteroatoms. The molecule has 0 aliphatic carbocycles. The Labute approximate surface area is 330 Å². The van der Waals surface area contributed by atoms with Crippen molar-refractivity contribution in [3.05, 3.63) is 212 Å². The first-order valence-corrected chi connectivity index (χ1v) is 20.0. The van der Waals surface area contributed by atoms with Gasteiger partial charge in [0.05, 0.1) is 11.0 Å². The van der Waals surface area contributed by atoms with Gasteiger partial charge in [-0.25, -0.2) is 0 Å². The SMILES string of the molecule is c1ccc(-c2c(-c3ccccc3)c(-c3ccccc3)c3c(c2-c2ccccc2)c2cc(-c4ccc5c(c4)sc4ccccc45)ccc2n3-c2ccccc2)cc1. The predicted octanol–water partition coefficient (Wildman–Crippen LogP) is 15.5. The summed E-state index contributed by atoms with van der Waals surface area (Å²) in [5, 5.41) is 5.11. The molecule has 9 aromatic carbocycles. The molecule has 0 unspecified atom stereocenters. The van der Waals surface area contributed by atoms with Crippen molar-refractivity contribution in [1.82, 2.24) is 4.57 Å². The van der Waals surface area contributed by atoms with Crippen molar-refractivity contribution in [2.24, 2.45) is 0 Å². The van der Waals surface area contributed by atoms with E-state index in [1.807, 2.05) is 11.3 Å². The Bertz CT molecular complexity index is 3200. The fourth-order valence-corrected chi connectivity index (χ4v) is 9.92. The van der Waals surface area contributed by atoms with Gasteiger partial charge in [0.15, 0.2) is 0 Å². The highest BCUT2D eigenvalue weighted by Crippen LogP contribution is 2.54. The molecule has 0 saturated heterocycles. The highest BCUT2D eigenvalue weighted by Gasteiger charge is 2.29. The summed E-state index contributed by atoms with van der Waals surface area (Å²) < 4.78 is 5.15. The third kappa shape index (κ3) is 5.22. The van der Waals surface area contributed by atoms with E-state index in [2.05, 4.69) is 217 Å². The number of aromatic nitrogens is 1. The number of hydrogen-bond acceptors (Lipinski definition) is 1. The highest BCUT2D eigenvalue weighted by atomic mass is 32.1. The zero-order valence-electron chi connectivity index (χ0n) is 30.6. The number of nitrogens with zero attached hydrogens (tertiary/aromatic N) is 1. The van der Waals surface area contributed by atoms with Crippen molar-refractivity contribution in [1.29, 1.82) is 0 Å². The van der Waals surface area contributed by atoms with Crippen LogP contribution in [0.2, 0.25) is 0 Å². The number of fused-ring (bicyclic) bond motifs is 6. The molecule has 1 nitrogen and oxygen atoms in total. The minimum absolute atomic E-state index is 1.13. The molecule has 56 heavy (non-hydrogen) atoms. The number of benzene rings is 9. The summed E-state index contributed by atoms with van der Waals surface area (Å²) in [6.45, 7) is 0. The fraction of sp³-hybridized carbons (Fsp3) is 0. The van der Waals surface area contributed by atoms with Gasteiger partial charge < -0.3 is 4.57 Å². The quantitative estimate of drug-likeness (QED) is 0.161. The average molecular weight is 730 g/mol. The standard InChI is InChI=1S/C54H35NS/c1-6-18-36(19-7-1)49-50(37-20-8-2-9-21-37)52(39-24-12-4-13-25-39)54-53(51(49)38-22-10-3-11-23-38)45-34-40(31-33-46(45)55(54)42-26-14-5-15-27-42)41-30-32-44-43-28-16-17-29-47(43)56-48(44)35-41/h1-35H. The van der Waals surface area contributed by atoms with Crippen LogP contribution in [0.5, 0.6) is 0 Å². The van der Waals surface area contributed by atoms with Gasteiger partial charge in [-0.05, 0) is 75.3 Å². The van der Waals surface area contributed by atoms with Crippen molar-refractivity contribution in [2.45, 2.75) is 0 Å². The summed E-state index contributed by atoms with van der Waals surface area (Å²) in [6.07, 6.45) is 0. The van der Waals surface area contributed by atoms with Gasteiger partial charge in [-0.15, -0.1) is 11.3 Å². The lowest BCUT2D eigenvalue weighted by Crippen LogP contribution is -2.00. The molecule has 2 heterocycles. The Morgan fingerprint density at radius 2 is 0.768 bits per heavy atom. The number of rotatable bonds is 6. The van der Waals surface area contributed by atoms with Crippen molar-refractivity contribution >= 4 is 53.3 Å². The van der Waals surface area contributed by atoms with Crippen LogP contribution in [0.3, 0.4) is 0 Å². The lowest BCUT2D eigenvalue weighted by Gasteiger charge is -2.24. The molecule has 11 aromatic rings. The van der Waals surface area contributed by atoms with Crippen LogP contribution >= 0.6 is 11.3 Å². The van der Waals surface area contributed by atoms with E-state index in [0.29, 0.717) is 0 Å². The maximum absolute atomic E-state index is 2.51. The molecule has 0 saturated carbocycles. The molecule has 0 fully saturated rings. The summed E-state index contributed by atoms with van der Waals surface area (Å²) in [5.74, 6) is 0. The smallest absolute Gasteiger partial charge is 0.0632 e. The molecule has 0 N–H and O–H groups in total. The van der Waals surface area contributed by atoms with Gasteiger partial charge in [0.25, 0.3) is 0 Å². The first-order valence-electron chi connectivity index (χ1n) is 19.2. The third-order valence-electron chi connectivity index (χ3n) is 11.2. The Kier molecular flexibility index (Phi) is 7.75. The van der Waals surface area contributed by atoms with Crippen molar-refractivity contribution in [3.63, 3.8) is 0 Å². The summed E-state index contributed by atoms with van der Waals surface area (Å²) in [6, 6.07) is 77.8. The Balaban J connectivity index is 1.36. The molecule has 2 aromatic heterocycles. The summed E-state index contributed by atoms with van der Waals surface area (Å²) >= 11 is 1.87. The third-order valence-corrected chi connectivity index (χ3v) is 12.3. The lowest BCUT2D eigenvalue weighted by molar-refractivity contribution is 1.18. The van der Waals surface area contributed by atoms with E-state index in [0.717, 1.165) is 5.69 Å². The Morgan fingerprint density at radius 1 is 0.304 bits per heavy atom. The highest BCUT2D eigenvalue weighted by molar-refractivity contribution is 7.25. The molecule has 0 atom stereocenters. The van der Waals surface area contributed by atoms with Gasteiger partial charge in [-0.3, -0.25) is 0 Å². The van der Waals surface area contributed by atoms with Gasteiger partial charge in [0.1, 0.15) is 0 Å². The zero-order chi connectivity index (χ0) is 37.0. The molecule has 0 radical (unpaired) electrons. The molecule has 11 rings (SSSR count). The normalized spacial score (nSPS) is 11.6. The second-order valence-electron chi connectivity index (χ2n) is 14.4. The van der Waals surface area contributed by atoms with Crippen molar-refractivity contribution in [2.75, 3.05) is 0 Å². The molecule has 262 valence electrons. The maximum atomic E-state index is 2.51. The van der Waals surface area contributed by atoms with Crippen LogP contribution in [0.15, 0.2) is 212 Å². The van der Waals surface area contributed by atoms with Crippen LogP contribution in [0.1, 0.15) is 0 Å². The summed E-state index contributed by atoms with van der Waals surface area (Å²) in [7, 11) is 0. The van der Waals surface area contributed by atoms with Gasteiger partial charge in [-0.2, -0.15) is 0 Å². The second kappa shape index (κ2) is 13.4. The van der Waals surface area contributed by atoms with Crippen LogP contribution in [0, 0.1) is 0 Å². The van der Waals surface area contributed by atoms with E-state index < -0.39 is 0 Å². The fourth-order valence-electron chi connectivity index (χ4n) is 8.77. The van der Waals surface area contributed by atoms with Gasteiger partial charge >= 0.3 is 0 Å². The van der Waals surface area contributed by atoms with E-state index >= 15 is 0 Å². The monoisotopic (exact) mass is 729 g/mol. The number of thiophene rings is 1. The largest absolute Gasteiger partial charge is 0.309 e. The van der Waals surface area contributed by atoms with E-state index in [-0.39, 0.29) is 0 Å². The number of hydrogen-bond donors (Lipinski definition) is 0. The van der Waals surface area contributed by atoms with Crippen LogP contribution in [0.25, 0.3) is 103 Å². The molecule has 0 aliphatic heterocycles. The first-order chi connectivity index (χ1) is 27.8. The molecule has 0 aliphatic rings. The zero-order valence-corrected chi connectivity index (χ0v) is 31.4. The molecule has 0 amide bonds. The summed E-state index contributed by atoms with van der Waals surface area (Å²) in [5.41, 5.74) is 15.6. The van der Waals surface area contributed by atoms with Crippen LogP contribution in [-0.4, -0.2) is 4.57 Å². The number of para-hydroxylation sites is 1. The molecule has 0 spiro atoms. The Hall–Kier alpha value is -7.00. The average Bonchev–Trinajstić information content (AvgIpc) is 3.82. The topological polar surface area (TPSA) is 4.93 Å². The van der Waals surface area contributed by atoms with E-state index in [9.17, 15) is 0 Å². The maximum Gasteiger partial charge on any atom is 0.0632 e. The van der Waals surface area contributed by atoms with Crippen molar-refractivity contribution in [3.8, 4) is 61.3 Å². The lowest BCUT2D eigenvalue weighted by atomic mass is 9.80. The van der Waals surface area contributed by atoms with Crippen LogP contribution < -0.4 is 0 Å². The van der Waals surface area contributed by atoms with E-state index in [1.165, 1.54) is 97.6 Å². The first kappa shape index (κ1) is 32.4. The van der Waals surface area contributed by atoms with E-state index in [1.54, 1.807) is 0 Å². The minimum Gasteiger partial charge on any atom is -0.309 e. The molecular weight excluding hydrogens is 695 g/mol. The van der Waals surface area contributed by atoms with E-state index in [4.69, 9.17) is 0 Å². The summed E-state index contributed by atoms with van der Waals surface area (Å²) in [4.78, 5) is 0. The van der Waals surface area contributed by atoms with Crippen LogP contribution in [0.4, 0.5) is 0 Å². The minimum atomic E-state index is 1.13. The second-order valence-corrected chi connectivity index (χ2v) is 15.5. The predicted molar refractivity (Wildman–Crippen MR) is 241 cm³/mol. The molecular formula is C54H35NS. The Morgan fingerprint density at radius 3 is 1.39 bits per heavy atom. The van der Waals surface area contributed by atoms with Gasteiger partial charge in [0, 0.05) is 53.3 Å². The van der Waals surface area contributed by atoms with Crippen LogP contribution in [-0.2, 0) is 0 Å². The molecule has 0 bridgehead atoms. The van der Waals surface area contributed by atoms with Crippen molar-refractivity contribution < 1.29 is 0 Å². The van der Waals surface area contributed by atoms with Gasteiger partial charge in [0.2, 0.25) is 0 Å².